The van der Waals surface area contributed by atoms with Crippen molar-refractivity contribution in [3.8, 4) is 0 Å². The Bertz CT molecular complexity index is 2030. The fourth-order valence-corrected chi connectivity index (χ4v) is 6.41. The number of nitrogen functional groups attached to an aromatic ring is 1. The van der Waals surface area contributed by atoms with Crippen molar-refractivity contribution in [1.29, 1.82) is 10.8 Å². The maximum atomic E-state index is 14.4. The van der Waals surface area contributed by atoms with Crippen LogP contribution in [0.3, 0.4) is 0 Å². The van der Waals surface area contributed by atoms with Gasteiger partial charge < -0.3 is 20.6 Å². The van der Waals surface area contributed by atoms with Crippen molar-refractivity contribution < 1.29 is 4.79 Å². The number of rotatable bonds is 13. The number of hydrogen-bond acceptors (Lipinski definition) is 4. The number of carbonyl (C=O) groups is 1. The maximum absolute atomic E-state index is 14.4. The lowest BCUT2D eigenvalue weighted by Crippen LogP contribution is -2.32. The second kappa shape index (κ2) is 14.9. The average molecular weight is 647 g/mol. The Morgan fingerprint density at radius 3 is 1.92 bits per heavy atom. The number of imidazole rings is 1. The van der Waals surface area contributed by atoms with Crippen LogP contribution in [0, 0.1) is 10.8 Å². The Morgan fingerprint density at radius 2 is 1.33 bits per heavy atom. The zero-order valence-corrected chi connectivity index (χ0v) is 28.1. The highest BCUT2D eigenvalue weighted by atomic mass is 16.2. The van der Waals surface area contributed by atoms with Crippen molar-refractivity contribution in [3.63, 3.8) is 0 Å². The first kappa shape index (κ1) is 33.1. The molecule has 1 aromatic heterocycles. The second-order valence-electron chi connectivity index (χ2n) is 12.6. The minimum absolute atomic E-state index is 0.0353. The summed E-state index contributed by atoms with van der Waals surface area (Å²) in [6.07, 6.45) is 2.31. The monoisotopic (exact) mass is 646 g/mol. The third-order valence-corrected chi connectivity index (χ3v) is 9.26. The van der Waals surface area contributed by atoms with Gasteiger partial charge in [-0.05, 0) is 65.8 Å². The summed E-state index contributed by atoms with van der Waals surface area (Å²) in [7, 11) is 2.02. The van der Waals surface area contributed by atoms with E-state index in [0.29, 0.717) is 29.9 Å². The van der Waals surface area contributed by atoms with Gasteiger partial charge in [0, 0.05) is 49.3 Å². The van der Waals surface area contributed by atoms with Crippen molar-refractivity contribution >= 4 is 28.5 Å². The molecule has 1 amide bonds. The van der Waals surface area contributed by atoms with Gasteiger partial charge in [-0.2, -0.15) is 0 Å². The number of nitrogens with zero attached hydrogens (tertiary/aromatic N) is 3. The van der Waals surface area contributed by atoms with Gasteiger partial charge in [-0.25, -0.2) is 4.98 Å². The lowest BCUT2D eigenvalue weighted by Gasteiger charge is -2.26. The molecule has 0 bridgehead atoms. The predicted octanol–water partition coefficient (Wildman–Crippen LogP) is 7.89. The summed E-state index contributed by atoms with van der Waals surface area (Å²) in [6, 6.07) is 42.5. The Morgan fingerprint density at radius 1 is 0.755 bits per heavy atom. The molecule has 0 spiro atoms. The molecule has 0 atom stereocenters. The van der Waals surface area contributed by atoms with Crippen LogP contribution in [0.2, 0.25) is 0 Å². The number of nitrogens with two attached hydrogens (primary N) is 1. The predicted molar refractivity (Wildman–Crippen MR) is 199 cm³/mol. The molecule has 1 heterocycles. The normalized spacial score (nSPS) is 11.2. The molecule has 0 saturated heterocycles. The summed E-state index contributed by atoms with van der Waals surface area (Å²) in [5.41, 5.74) is 14.7. The van der Waals surface area contributed by atoms with Crippen LogP contribution in [0.1, 0.15) is 68.8 Å². The van der Waals surface area contributed by atoms with E-state index in [1.807, 2.05) is 90.8 Å². The van der Waals surface area contributed by atoms with E-state index in [9.17, 15) is 4.79 Å². The van der Waals surface area contributed by atoms with Crippen LogP contribution >= 0.6 is 0 Å². The molecule has 0 fully saturated rings. The molecule has 6 aromatic rings. The number of aromatic nitrogens is 2. The number of benzene rings is 5. The highest BCUT2D eigenvalue weighted by molar-refractivity contribution is 5.98. The molecule has 0 saturated carbocycles. The van der Waals surface area contributed by atoms with Crippen LogP contribution in [-0.2, 0) is 26.4 Å². The van der Waals surface area contributed by atoms with E-state index >= 15 is 0 Å². The fourth-order valence-electron chi connectivity index (χ4n) is 6.41. The molecule has 0 aliphatic carbocycles. The molecule has 7 nitrogen and oxygen atoms in total. The molecule has 0 radical (unpaired) electrons. The van der Waals surface area contributed by atoms with Crippen LogP contribution in [0.4, 0.5) is 0 Å². The first-order chi connectivity index (χ1) is 23.8. The van der Waals surface area contributed by atoms with Crippen molar-refractivity contribution in [1.82, 2.24) is 14.5 Å². The van der Waals surface area contributed by atoms with E-state index in [-0.39, 0.29) is 17.7 Å². The molecule has 0 aliphatic heterocycles. The van der Waals surface area contributed by atoms with Gasteiger partial charge in [0.15, 0.2) is 0 Å². The first-order valence-corrected chi connectivity index (χ1v) is 16.7. The average Bonchev–Trinajstić information content (AvgIpc) is 3.45. The molecule has 0 aliphatic rings. The molecular weight excluding hydrogens is 605 g/mol. The smallest absolute Gasteiger partial charge is 0.254 e. The second-order valence-corrected chi connectivity index (χ2v) is 12.6. The minimum atomic E-state index is -0.0353. The van der Waals surface area contributed by atoms with Crippen LogP contribution in [0.25, 0.3) is 11.0 Å². The zero-order chi connectivity index (χ0) is 34.3. The third kappa shape index (κ3) is 7.84. The van der Waals surface area contributed by atoms with Crippen molar-refractivity contribution in [2.45, 2.75) is 38.6 Å². The number of fused-ring (bicyclic) bond motifs is 1. The molecule has 7 heteroatoms. The Balaban J connectivity index is 1.26. The third-order valence-electron chi connectivity index (χ3n) is 9.26. The molecule has 5 aromatic carbocycles. The largest absolute Gasteiger partial charge is 0.384 e. The molecule has 6 rings (SSSR count). The standard InChI is InChI=1S/C42H42N6O/c1-29(43)32-18-15-31(16-19-32)28-48(26-25-37(33-9-5-3-6-10-33)34-11-7-4-8-12-34)42(49)36-22-23-39-38(27-36)46-40(47(39)2)24-17-30-13-20-35(21-14-30)41(44)45/h3-16,18-23,27,37,43H,17,24-26,28H2,1-2H3,(H3,44,45). The van der Waals surface area contributed by atoms with Gasteiger partial charge in [-0.15, -0.1) is 0 Å². The molecule has 4 N–H and O–H groups in total. The van der Waals surface area contributed by atoms with Crippen LogP contribution in [0.5, 0.6) is 0 Å². The molecule has 49 heavy (non-hydrogen) atoms. The zero-order valence-electron chi connectivity index (χ0n) is 28.1. The van der Waals surface area contributed by atoms with E-state index < -0.39 is 0 Å². The van der Waals surface area contributed by atoms with Gasteiger partial charge in [0.05, 0.1) is 11.0 Å². The number of amides is 1. The minimum Gasteiger partial charge on any atom is -0.384 e. The van der Waals surface area contributed by atoms with Gasteiger partial charge in [0.1, 0.15) is 11.7 Å². The number of hydrogen-bond donors (Lipinski definition) is 3. The summed E-state index contributed by atoms with van der Waals surface area (Å²) in [4.78, 5) is 21.3. The lowest BCUT2D eigenvalue weighted by molar-refractivity contribution is 0.0739. The lowest BCUT2D eigenvalue weighted by atomic mass is 9.88. The summed E-state index contributed by atoms with van der Waals surface area (Å²) in [5, 5.41) is 15.6. The number of carbonyl (C=O) groups excluding carboxylic acids is 1. The summed E-state index contributed by atoms with van der Waals surface area (Å²) < 4.78 is 2.10. The van der Waals surface area contributed by atoms with Gasteiger partial charge >= 0.3 is 0 Å². The quantitative estimate of drug-likeness (QED) is 0.0876. The number of amidine groups is 1. The molecule has 246 valence electrons. The molecule has 0 unspecified atom stereocenters. The maximum Gasteiger partial charge on any atom is 0.254 e. The SMILES string of the molecule is CC(=N)c1ccc(CN(CCC(c2ccccc2)c2ccccc2)C(=O)c2ccc3c(c2)nc(CCc2ccc(C(=N)N)cc2)n3C)cc1. The van der Waals surface area contributed by atoms with Crippen molar-refractivity contribution in [2.24, 2.45) is 12.8 Å². The van der Waals surface area contributed by atoms with E-state index in [2.05, 4.69) is 53.1 Å². The van der Waals surface area contributed by atoms with E-state index in [1.165, 1.54) is 11.1 Å². The summed E-state index contributed by atoms with van der Waals surface area (Å²) in [5.74, 6) is 1.11. The van der Waals surface area contributed by atoms with Gasteiger partial charge in [-0.1, -0.05) is 109 Å². The van der Waals surface area contributed by atoms with Gasteiger partial charge in [0.25, 0.3) is 5.91 Å². The van der Waals surface area contributed by atoms with Crippen LogP contribution < -0.4 is 5.73 Å². The highest BCUT2D eigenvalue weighted by Crippen LogP contribution is 2.29. The fraction of sp³-hybridized carbons (Fsp3) is 0.190. The first-order valence-electron chi connectivity index (χ1n) is 16.7. The van der Waals surface area contributed by atoms with E-state index in [1.54, 1.807) is 6.92 Å². The van der Waals surface area contributed by atoms with Gasteiger partial charge in [0.2, 0.25) is 0 Å². The van der Waals surface area contributed by atoms with Crippen LogP contribution in [-0.4, -0.2) is 38.5 Å². The number of nitrogens with one attached hydrogen (secondary N) is 2. The van der Waals surface area contributed by atoms with Crippen LogP contribution in [0.15, 0.2) is 127 Å². The Hall–Kier alpha value is -5.82. The number of aryl methyl sites for hydroxylation is 3. The Labute approximate surface area is 288 Å². The summed E-state index contributed by atoms with van der Waals surface area (Å²) in [6.45, 7) is 2.80. The molecular formula is C42H42N6O. The van der Waals surface area contributed by atoms with E-state index in [4.69, 9.17) is 21.5 Å². The van der Waals surface area contributed by atoms with E-state index in [0.717, 1.165) is 52.8 Å². The highest BCUT2D eigenvalue weighted by Gasteiger charge is 2.22. The summed E-state index contributed by atoms with van der Waals surface area (Å²) >= 11 is 0. The topological polar surface area (TPSA) is 112 Å². The van der Waals surface area contributed by atoms with Crippen molar-refractivity contribution in [3.05, 3.63) is 172 Å². The van der Waals surface area contributed by atoms with Gasteiger partial charge in [-0.3, -0.25) is 10.2 Å². The van der Waals surface area contributed by atoms with Crippen molar-refractivity contribution in [2.75, 3.05) is 6.54 Å². The Kier molecular flexibility index (Phi) is 10.1.